The number of nitrogens with one attached hydrogen (secondary N) is 1. The Hall–Kier alpha value is -1.42. The fraction of sp³-hybridized carbons (Fsp3) is 0.647. The Bertz CT molecular complexity index is 506. The highest BCUT2D eigenvalue weighted by Gasteiger charge is 2.66. The van der Waals surface area contributed by atoms with Gasteiger partial charge >= 0.3 is 0 Å². The van der Waals surface area contributed by atoms with Crippen LogP contribution in [-0.2, 0) is 6.42 Å². The smallest absolute Gasteiger partial charge is 0.269 e. The fourth-order valence-electron chi connectivity index (χ4n) is 3.83. The van der Waals surface area contributed by atoms with Crippen LogP contribution in [0.3, 0.4) is 0 Å². The molecule has 0 aliphatic heterocycles. The Morgan fingerprint density at radius 3 is 2.10 bits per heavy atom. The van der Waals surface area contributed by atoms with E-state index in [0.29, 0.717) is 22.8 Å². The second-order valence-electron chi connectivity index (χ2n) is 7.21. The van der Waals surface area contributed by atoms with E-state index in [2.05, 4.69) is 39.9 Å². The minimum absolute atomic E-state index is 0.158. The number of likely N-dealkylation sites (N-methyl/N-ethyl adjacent to an activating group) is 1. The van der Waals surface area contributed by atoms with E-state index in [1.54, 1.807) is 12.1 Å². The molecular weight excluding hydrogens is 264 g/mol. The lowest BCUT2D eigenvalue weighted by molar-refractivity contribution is -0.384. The summed E-state index contributed by atoms with van der Waals surface area (Å²) in [7, 11) is 0. The van der Waals surface area contributed by atoms with Crippen LogP contribution in [0.1, 0.15) is 40.2 Å². The molecule has 21 heavy (non-hydrogen) atoms. The first-order chi connectivity index (χ1) is 9.71. The number of hydrogen-bond acceptors (Lipinski definition) is 3. The minimum atomic E-state index is -0.349. The number of nitro groups is 1. The lowest BCUT2D eigenvalue weighted by atomic mass is 9.96. The summed E-state index contributed by atoms with van der Waals surface area (Å²) in [6, 6.07) is 7.38. The Labute approximate surface area is 127 Å². The Morgan fingerprint density at radius 1 is 1.19 bits per heavy atom. The number of non-ortho nitro benzene ring substituents is 1. The van der Waals surface area contributed by atoms with Crippen LogP contribution in [0.25, 0.3) is 0 Å². The first-order valence-electron chi connectivity index (χ1n) is 7.68. The SMILES string of the molecule is CCNC(Cc1ccc([N+](=O)[O-])cc1)C1C(C)(C)C1(C)C. The van der Waals surface area contributed by atoms with Gasteiger partial charge in [0.1, 0.15) is 0 Å². The number of hydrogen-bond donors (Lipinski definition) is 1. The molecule has 1 unspecified atom stereocenters. The van der Waals surface area contributed by atoms with E-state index in [1.807, 2.05) is 12.1 Å². The average molecular weight is 290 g/mol. The predicted molar refractivity (Wildman–Crippen MR) is 85.3 cm³/mol. The van der Waals surface area contributed by atoms with Gasteiger partial charge in [0.15, 0.2) is 0 Å². The van der Waals surface area contributed by atoms with E-state index in [9.17, 15) is 10.1 Å². The van der Waals surface area contributed by atoms with Crippen LogP contribution in [-0.4, -0.2) is 17.5 Å². The molecule has 0 bridgehead atoms. The van der Waals surface area contributed by atoms with Crippen LogP contribution in [0, 0.1) is 26.9 Å². The molecule has 0 saturated heterocycles. The van der Waals surface area contributed by atoms with Crippen LogP contribution in [0.4, 0.5) is 5.69 Å². The number of nitro benzene ring substituents is 1. The van der Waals surface area contributed by atoms with Crippen molar-refractivity contribution < 1.29 is 4.92 Å². The highest BCUT2D eigenvalue weighted by molar-refractivity contribution is 5.33. The maximum atomic E-state index is 10.7. The minimum Gasteiger partial charge on any atom is -0.314 e. The maximum absolute atomic E-state index is 10.7. The molecule has 0 radical (unpaired) electrons. The van der Waals surface area contributed by atoms with Crippen molar-refractivity contribution in [3.8, 4) is 0 Å². The van der Waals surface area contributed by atoms with E-state index in [1.165, 1.54) is 0 Å². The summed E-state index contributed by atoms with van der Waals surface area (Å²) in [5, 5.41) is 14.3. The number of benzene rings is 1. The molecule has 1 aliphatic carbocycles. The van der Waals surface area contributed by atoms with Crippen molar-refractivity contribution in [1.29, 1.82) is 0 Å². The van der Waals surface area contributed by atoms with Gasteiger partial charge in [-0.1, -0.05) is 46.8 Å². The zero-order valence-corrected chi connectivity index (χ0v) is 13.6. The Morgan fingerprint density at radius 2 is 1.71 bits per heavy atom. The third-order valence-corrected chi connectivity index (χ3v) is 5.60. The summed E-state index contributed by atoms with van der Waals surface area (Å²) in [4.78, 5) is 10.4. The van der Waals surface area contributed by atoms with Gasteiger partial charge in [-0.05, 0) is 35.3 Å². The van der Waals surface area contributed by atoms with Crippen molar-refractivity contribution in [1.82, 2.24) is 5.32 Å². The Kier molecular flexibility index (Phi) is 4.11. The lowest BCUT2D eigenvalue weighted by Crippen LogP contribution is -2.35. The molecular formula is C17H26N2O2. The first-order valence-corrected chi connectivity index (χ1v) is 7.68. The van der Waals surface area contributed by atoms with Crippen LogP contribution < -0.4 is 5.32 Å². The van der Waals surface area contributed by atoms with Crippen LogP contribution >= 0.6 is 0 Å². The van der Waals surface area contributed by atoms with E-state index in [4.69, 9.17) is 0 Å². The molecule has 1 fully saturated rings. The molecule has 1 atom stereocenters. The molecule has 4 nitrogen and oxygen atoms in total. The molecule has 0 aromatic heterocycles. The van der Waals surface area contributed by atoms with Crippen molar-refractivity contribution >= 4 is 5.69 Å². The molecule has 0 heterocycles. The zero-order valence-electron chi connectivity index (χ0n) is 13.6. The van der Waals surface area contributed by atoms with Crippen LogP contribution in [0.15, 0.2) is 24.3 Å². The maximum Gasteiger partial charge on any atom is 0.269 e. The zero-order chi connectivity index (χ0) is 15.8. The van der Waals surface area contributed by atoms with Crippen molar-refractivity contribution in [2.75, 3.05) is 6.54 Å². The largest absolute Gasteiger partial charge is 0.314 e. The summed E-state index contributed by atoms with van der Waals surface area (Å²) in [5.41, 5.74) is 1.98. The molecule has 1 aliphatic rings. The normalized spacial score (nSPS) is 21.0. The van der Waals surface area contributed by atoms with Gasteiger partial charge in [-0.2, -0.15) is 0 Å². The van der Waals surface area contributed by atoms with Gasteiger partial charge in [-0.3, -0.25) is 10.1 Å². The molecule has 0 spiro atoms. The van der Waals surface area contributed by atoms with Crippen molar-refractivity contribution in [2.24, 2.45) is 16.7 Å². The second-order valence-corrected chi connectivity index (χ2v) is 7.21. The third-order valence-electron chi connectivity index (χ3n) is 5.60. The highest BCUT2D eigenvalue weighted by atomic mass is 16.6. The summed E-state index contributed by atoms with van der Waals surface area (Å²) < 4.78 is 0. The summed E-state index contributed by atoms with van der Waals surface area (Å²) in [5.74, 6) is 0.625. The molecule has 0 amide bonds. The van der Waals surface area contributed by atoms with Crippen molar-refractivity contribution in [3.63, 3.8) is 0 Å². The molecule has 1 aromatic carbocycles. The number of rotatable bonds is 6. The van der Waals surface area contributed by atoms with Gasteiger partial charge in [0.2, 0.25) is 0 Å². The lowest BCUT2D eigenvalue weighted by Gasteiger charge is -2.20. The molecule has 1 aromatic rings. The van der Waals surface area contributed by atoms with E-state index in [0.717, 1.165) is 18.5 Å². The van der Waals surface area contributed by atoms with Gasteiger partial charge in [0.05, 0.1) is 4.92 Å². The molecule has 1 saturated carbocycles. The van der Waals surface area contributed by atoms with Crippen LogP contribution in [0.2, 0.25) is 0 Å². The second kappa shape index (κ2) is 5.41. The quantitative estimate of drug-likeness (QED) is 0.640. The molecule has 1 N–H and O–H groups in total. The van der Waals surface area contributed by atoms with Gasteiger partial charge in [0.25, 0.3) is 5.69 Å². The van der Waals surface area contributed by atoms with E-state index < -0.39 is 0 Å². The molecule has 116 valence electrons. The van der Waals surface area contributed by atoms with Gasteiger partial charge < -0.3 is 5.32 Å². The fourth-order valence-corrected chi connectivity index (χ4v) is 3.83. The number of nitrogens with zero attached hydrogens (tertiary/aromatic N) is 1. The van der Waals surface area contributed by atoms with E-state index >= 15 is 0 Å². The van der Waals surface area contributed by atoms with Crippen molar-refractivity contribution in [3.05, 3.63) is 39.9 Å². The highest BCUT2D eigenvalue weighted by Crippen LogP contribution is 2.69. The Balaban J connectivity index is 2.12. The standard InChI is InChI=1S/C17H26N2O2/c1-6-18-14(15-16(2,3)17(15,4)5)11-12-7-9-13(10-8-12)19(20)21/h7-10,14-15,18H,6,11H2,1-5H3. The first kappa shape index (κ1) is 16.0. The van der Waals surface area contributed by atoms with Crippen molar-refractivity contribution in [2.45, 2.75) is 47.1 Å². The summed E-state index contributed by atoms with van der Waals surface area (Å²) in [6.07, 6.45) is 0.920. The topological polar surface area (TPSA) is 55.2 Å². The van der Waals surface area contributed by atoms with Gasteiger partial charge in [-0.25, -0.2) is 0 Å². The summed E-state index contributed by atoms with van der Waals surface area (Å²) in [6.45, 7) is 12.4. The van der Waals surface area contributed by atoms with Gasteiger partial charge in [0, 0.05) is 18.2 Å². The molecule has 4 heteroatoms. The van der Waals surface area contributed by atoms with Gasteiger partial charge in [-0.15, -0.1) is 0 Å². The van der Waals surface area contributed by atoms with Crippen LogP contribution in [0.5, 0.6) is 0 Å². The summed E-state index contributed by atoms with van der Waals surface area (Å²) >= 11 is 0. The average Bonchev–Trinajstić information content (AvgIpc) is 2.80. The predicted octanol–water partition coefficient (Wildman–Crippen LogP) is 3.80. The molecule has 2 rings (SSSR count). The third kappa shape index (κ3) is 2.82. The monoisotopic (exact) mass is 290 g/mol. The van der Waals surface area contributed by atoms with E-state index in [-0.39, 0.29) is 10.6 Å².